The van der Waals surface area contributed by atoms with Gasteiger partial charge < -0.3 is 19.9 Å². The van der Waals surface area contributed by atoms with Crippen LogP contribution in [0.3, 0.4) is 0 Å². The summed E-state index contributed by atoms with van der Waals surface area (Å²) in [5.41, 5.74) is -0.412. The molecule has 2 N–H and O–H groups in total. The Balaban J connectivity index is 1.94. The minimum absolute atomic E-state index is 0.0381. The van der Waals surface area contributed by atoms with Gasteiger partial charge in [-0.3, -0.25) is 14.9 Å². The molecule has 0 aromatic heterocycles. The maximum atomic E-state index is 13.4. The molecule has 0 atom stereocenters. The largest absolute Gasteiger partial charge is 0.494 e. The first kappa shape index (κ1) is 21.6. The Morgan fingerprint density at radius 1 is 0.879 bits per heavy atom. The van der Waals surface area contributed by atoms with Gasteiger partial charge in [0.2, 0.25) is 5.75 Å². The molecule has 0 aliphatic rings. The average molecular weight is 446 g/mol. The van der Waals surface area contributed by atoms with Gasteiger partial charge in [-0.25, -0.2) is 4.79 Å². The number of nitrogens with one attached hydrogen (secondary N) is 1. The number of carbonyl (C=O) groups excluding carboxylic acids is 1. The molecule has 0 fully saturated rings. The lowest BCUT2D eigenvalue weighted by molar-refractivity contribution is -0.384. The maximum Gasteiger partial charge on any atom is 0.339 e. The third kappa shape index (κ3) is 3.65. The zero-order valence-corrected chi connectivity index (χ0v) is 17.6. The highest BCUT2D eigenvalue weighted by Crippen LogP contribution is 2.41. The predicted octanol–water partition coefficient (Wildman–Crippen LogP) is 4.87. The molecule has 0 bridgehead atoms. The number of carboxylic acids is 1. The molecular weight excluding hydrogens is 428 g/mol. The summed E-state index contributed by atoms with van der Waals surface area (Å²) in [5, 5.41) is 26.1. The highest BCUT2D eigenvalue weighted by Gasteiger charge is 2.28. The van der Waals surface area contributed by atoms with E-state index >= 15 is 0 Å². The normalized spacial score (nSPS) is 10.7. The van der Waals surface area contributed by atoms with E-state index in [-0.39, 0.29) is 34.0 Å². The van der Waals surface area contributed by atoms with Gasteiger partial charge in [0.25, 0.3) is 5.91 Å². The molecule has 0 saturated carbocycles. The van der Waals surface area contributed by atoms with Crippen LogP contribution >= 0.6 is 0 Å². The quantitative estimate of drug-likeness (QED) is 0.319. The van der Waals surface area contributed by atoms with Crippen molar-refractivity contribution in [1.29, 1.82) is 0 Å². The lowest BCUT2D eigenvalue weighted by Gasteiger charge is -2.17. The molecular formula is C24H18N2O7. The van der Waals surface area contributed by atoms with Gasteiger partial charge >= 0.3 is 11.7 Å². The van der Waals surface area contributed by atoms with E-state index < -0.39 is 16.8 Å². The number of benzene rings is 4. The summed E-state index contributed by atoms with van der Waals surface area (Å²) in [5.74, 6) is -2.18. The van der Waals surface area contributed by atoms with Gasteiger partial charge in [0.15, 0.2) is 5.75 Å². The van der Waals surface area contributed by atoms with E-state index in [0.717, 1.165) is 0 Å². The molecule has 9 heteroatoms. The fourth-order valence-corrected chi connectivity index (χ4v) is 3.87. The molecule has 0 spiro atoms. The Morgan fingerprint density at radius 2 is 1.42 bits per heavy atom. The van der Waals surface area contributed by atoms with Gasteiger partial charge in [-0.1, -0.05) is 42.5 Å². The first-order valence-electron chi connectivity index (χ1n) is 9.75. The summed E-state index contributed by atoms with van der Waals surface area (Å²) in [4.78, 5) is 36.4. The Bertz CT molecular complexity index is 1450. The molecule has 0 aliphatic carbocycles. The van der Waals surface area contributed by atoms with Crippen LogP contribution in [0.15, 0.2) is 60.7 Å². The van der Waals surface area contributed by atoms with Crippen molar-refractivity contribution >= 4 is 44.8 Å². The minimum atomic E-state index is -1.23. The molecule has 9 nitrogen and oxygen atoms in total. The van der Waals surface area contributed by atoms with Crippen LogP contribution < -0.4 is 14.8 Å². The Morgan fingerprint density at radius 3 is 2.00 bits per heavy atom. The van der Waals surface area contributed by atoms with E-state index in [9.17, 15) is 24.8 Å². The average Bonchev–Trinajstić information content (AvgIpc) is 2.82. The number of anilines is 1. The topological polar surface area (TPSA) is 128 Å². The molecule has 4 rings (SSSR count). The number of ether oxygens (including phenoxy) is 2. The van der Waals surface area contributed by atoms with Crippen molar-refractivity contribution in [1.82, 2.24) is 0 Å². The molecule has 0 aliphatic heterocycles. The minimum Gasteiger partial charge on any atom is -0.494 e. The fraction of sp³-hybridized carbons (Fsp3) is 0.0833. The maximum absolute atomic E-state index is 13.4. The van der Waals surface area contributed by atoms with Crippen molar-refractivity contribution in [2.75, 3.05) is 19.5 Å². The summed E-state index contributed by atoms with van der Waals surface area (Å²) in [6.07, 6.45) is 0. The van der Waals surface area contributed by atoms with Crippen LogP contribution in [-0.4, -0.2) is 36.1 Å². The second-order valence-electron chi connectivity index (χ2n) is 7.10. The van der Waals surface area contributed by atoms with E-state index in [1.165, 1.54) is 26.4 Å². The smallest absolute Gasteiger partial charge is 0.339 e. The van der Waals surface area contributed by atoms with E-state index in [1.54, 1.807) is 48.5 Å². The van der Waals surface area contributed by atoms with Gasteiger partial charge in [0.1, 0.15) is 5.56 Å². The Kier molecular flexibility index (Phi) is 5.53. The van der Waals surface area contributed by atoms with Crippen LogP contribution in [0.2, 0.25) is 0 Å². The predicted molar refractivity (Wildman–Crippen MR) is 123 cm³/mol. The molecule has 1 amide bonds. The highest BCUT2D eigenvalue weighted by atomic mass is 16.6. The summed E-state index contributed by atoms with van der Waals surface area (Å²) in [7, 11) is 2.54. The Hall–Kier alpha value is -4.66. The second-order valence-corrected chi connectivity index (χ2v) is 7.10. The molecule has 4 aromatic carbocycles. The van der Waals surface area contributed by atoms with Crippen molar-refractivity contribution in [3.05, 3.63) is 81.9 Å². The van der Waals surface area contributed by atoms with Gasteiger partial charge in [0, 0.05) is 5.39 Å². The summed E-state index contributed by atoms with van der Waals surface area (Å²) in [6.45, 7) is 0. The number of carboxylic acid groups (broad SMARTS) is 1. The number of hydrogen-bond donors (Lipinski definition) is 2. The number of aromatic carboxylic acids is 1. The second kappa shape index (κ2) is 8.46. The van der Waals surface area contributed by atoms with Crippen LogP contribution in [0.1, 0.15) is 20.7 Å². The van der Waals surface area contributed by atoms with Crippen molar-refractivity contribution in [3.8, 4) is 11.5 Å². The van der Waals surface area contributed by atoms with Crippen LogP contribution in [0.25, 0.3) is 21.5 Å². The number of carbonyl (C=O) groups is 2. The monoisotopic (exact) mass is 446 g/mol. The number of nitro benzene ring substituents is 1. The van der Waals surface area contributed by atoms with Gasteiger partial charge in [-0.15, -0.1) is 0 Å². The fourth-order valence-electron chi connectivity index (χ4n) is 3.87. The van der Waals surface area contributed by atoms with Crippen molar-refractivity contribution < 1.29 is 29.1 Å². The summed E-state index contributed by atoms with van der Waals surface area (Å²) in [6, 6.07) is 16.4. The van der Waals surface area contributed by atoms with Gasteiger partial charge in [-0.2, -0.15) is 0 Å². The van der Waals surface area contributed by atoms with Crippen LogP contribution in [0.4, 0.5) is 11.4 Å². The van der Waals surface area contributed by atoms with Crippen LogP contribution in [0, 0.1) is 10.1 Å². The molecule has 33 heavy (non-hydrogen) atoms. The zero-order valence-electron chi connectivity index (χ0n) is 17.6. The number of nitro groups is 1. The standard InChI is InChI=1S/C24H18N2O7/c1-32-21-18(24(28)29)12-13-7-3-5-9-15(13)19(21)25-23(27)17-11-14-8-4-6-10-16(14)20(26(30)31)22(17)33-2/h3-12H,1-2H3,(H,25,27)(H,28,29). The summed E-state index contributed by atoms with van der Waals surface area (Å²) >= 11 is 0. The van der Waals surface area contributed by atoms with Gasteiger partial charge in [0.05, 0.1) is 35.8 Å². The zero-order chi connectivity index (χ0) is 23.7. The number of methoxy groups -OCH3 is 2. The third-order valence-corrected chi connectivity index (χ3v) is 5.28. The summed E-state index contributed by atoms with van der Waals surface area (Å²) < 4.78 is 10.6. The molecule has 4 aromatic rings. The Labute approximate surface area is 187 Å². The molecule has 0 radical (unpaired) electrons. The number of fused-ring (bicyclic) bond motifs is 2. The van der Waals surface area contributed by atoms with E-state index in [0.29, 0.717) is 21.5 Å². The first-order chi connectivity index (χ1) is 15.9. The SMILES string of the molecule is COc1c(C(=O)O)cc2ccccc2c1NC(=O)c1cc2ccccc2c([N+](=O)[O-])c1OC. The molecule has 0 saturated heterocycles. The molecule has 0 heterocycles. The van der Waals surface area contributed by atoms with Crippen LogP contribution in [-0.2, 0) is 0 Å². The third-order valence-electron chi connectivity index (χ3n) is 5.28. The number of rotatable bonds is 6. The molecule has 0 unspecified atom stereocenters. The van der Waals surface area contributed by atoms with E-state index in [1.807, 2.05) is 0 Å². The van der Waals surface area contributed by atoms with Crippen molar-refractivity contribution in [2.24, 2.45) is 0 Å². The number of hydrogen-bond acceptors (Lipinski definition) is 6. The van der Waals surface area contributed by atoms with E-state index in [2.05, 4.69) is 5.32 Å². The number of amides is 1. The van der Waals surface area contributed by atoms with Crippen molar-refractivity contribution in [2.45, 2.75) is 0 Å². The van der Waals surface area contributed by atoms with Crippen LogP contribution in [0.5, 0.6) is 11.5 Å². The lowest BCUT2D eigenvalue weighted by Crippen LogP contribution is -2.16. The number of nitrogens with zero attached hydrogens (tertiary/aromatic N) is 1. The molecule has 166 valence electrons. The lowest BCUT2D eigenvalue weighted by atomic mass is 10.0. The first-order valence-corrected chi connectivity index (χ1v) is 9.75. The van der Waals surface area contributed by atoms with Crippen molar-refractivity contribution in [3.63, 3.8) is 0 Å². The van der Waals surface area contributed by atoms with Gasteiger partial charge in [-0.05, 0) is 29.0 Å². The highest BCUT2D eigenvalue weighted by molar-refractivity contribution is 6.16. The van der Waals surface area contributed by atoms with E-state index in [4.69, 9.17) is 9.47 Å².